The van der Waals surface area contributed by atoms with Gasteiger partial charge in [-0.2, -0.15) is 0 Å². The number of amides is 1. The van der Waals surface area contributed by atoms with Crippen molar-refractivity contribution in [3.8, 4) is 0 Å². The van der Waals surface area contributed by atoms with Gasteiger partial charge in [0.15, 0.2) is 0 Å². The second-order valence-corrected chi connectivity index (χ2v) is 9.40. The van der Waals surface area contributed by atoms with Crippen molar-refractivity contribution in [2.24, 2.45) is 17.8 Å². The molecule has 2 fully saturated rings. The van der Waals surface area contributed by atoms with Crippen LogP contribution in [0.1, 0.15) is 65.2 Å². The molecule has 5 nitrogen and oxygen atoms in total. The first-order chi connectivity index (χ1) is 10.9. The lowest BCUT2D eigenvalue weighted by Gasteiger charge is -2.29. The van der Waals surface area contributed by atoms with Gasteiger partial charge in [0, 0.05) is 12.5 Å². The molecule has 1 heterocycles. The molecule has 2 atom stereocenters. The Balaban J connectivity index is 1.96. The minimum absolute atomic E-state index is 0.148. The van der Waals surface area contributed by atoms with Crippen molar-refractivity contribution < 1.29 is 17.9 Å². The first-order valence-corrected chi connectivity index (χ1v) is 10.6. The molecule has 1 saturated carbocycles. The van der Waals surface area contributed by atoms with Crippen LogP contribution in [0, 0.1) is 17.8 Å². The van der Waals surface area contributed by atoms with Gasteiger partial charge in [-0.1, -0.05) is 46.0 Å². The molecule has 1 aliphatic carbocycles. The minimum atomic E-state index is -3.63. The Bertz CT molecular complexity index is 477. The maximum Gasteiger partial charge on any atom is 0.240 e. The van der Waals surface area contributed by atoms with Crippen LogP contribution in [0.25, 0.3) is 0 Å². The highest BCUT2D eigenvalue weighted by Crippen LogP contribution is 2.32. The molecule has 0 bridgehead atoms. The van der Waals surface area contributed by atoms with Gasteiger partial charge in [0.05, 0.1) is 6.61 Å². The molecule has 2 aliphatic rings. The fourth-order valence-corrected chi connectivity index (χ4v) is 5.07. The standard InChI is InChI=1S/C17H31NO4S/c1-13(2)16(11-14-7-4-3-5-8-14)17(19)18-23(20,21)15-9-6-10-22-12-15/h13-16H,3-12H2,1-2H3,(H,18,19). The molecule has 2 rings (SSSR count). The topological polar surface area (TPSA) is 72.5 Å². The molecule has 134 valence electrons. The quantitative estimate of drug-likeness (QED) is 0.803. The lowest BCUT2D eigenvalue weighted by Crippen LogP contribution is -2.45. The van der Waals surface area contributed by atoms with E-state index < -0.39 is 15.3 Å². The Morgan fingerprint density at radius 3 is 2.39 bits per heavy atom. The number of hydrogen-bond acceptors (Lipinski definition) is 4. The highest BCUT2D eigenvalue weighted by molar-refractivity contribution is 7.90. The van der Waals surface area contributed by atoms with Crippen molar-refractivity contribution in [1.82, 2.24) is 4.72 Å². The molecule has 0 spiro atoms. The predicted molar refractivity (Wildman–Crippen MR) is 90.4 cm³/mol. The monoisotopic (exact) mass is 345 g/mol. The number of sulfonamides is 1. The summed E-state index contributed by atoms with van der Waals surface area (Å²) in [6.45, 7) is 4.81. The highest BCUT2D eigenvalue weighted by Gasteiger charge is 2.33. The van der Waals surface area contributed by atoms with Gasteiger partial charge in [-0.3, -0.25) is 9.52 Å². The summed E-state index contributed by atoms with van der Waals surface area (Å²) in [7, 11) is -3.63. The first-order valence-electron chi connectivity index (χ1n) is 9.03. The Hall–Kier alpha value is -0.620. The van der Waals surface area contributed by atoms with Gasteiger partial charge in [0.2, 0.25) is 15.9 Å². The normalized spacial score (nSPS) is 25.3. The van der Waals surface area contributed by atoms with Crippen molar-refractivity contribution >= 4 is 15.9 Å². The Kier molecular flexibility index (Phi) is 6.89. The van der Waals surface area contributed by atoms with Crippen LogP contribution in [0.5, 0.6) is 0 Å². The van der Waals surface area contributed by atoms with Gasteiger partial charge in [0.1, 0.15) is 5.25 Å². The lowest BCUT2D eigenvalue weighted by atomic mass is 9.79. The van der Waals surface area contributed by atoms with Gasteiger partial charge in [0.25, 0.3) is 0 Å². The van der Waals surface area contributed by atoms with Crippen LogP contribution in [0.4, 0.5) is 0 Å². The fraction of sp³-hybridized carbons (Fsp3) is 0.941. The number of rotatable bonds is 6. The molecule has 23 heavy (non-hydrogen) atoms. The summed E-state index contributed by atoms with van der Waals surface area (Å²) in [5.74, 6) is 0.158. The number of carbonyl (C=O) groups is 1. The summed E-state index contributed by atoms with van der Waals surface area (Å²) in [6, 6.07) is 0. The SMILES string of the molecule is CC(C)C(CC1CCCCC1)C(=O)NS(=O)(=O)C1CCCOC1. The average molecular weight is 346 g/mol. The molecule has 1 saturated heterocycles. The number of nitrogens with one attached hydrogen (secondary N) is 1. The highest BCUT2D eigenvalue weighted by atomic mass is 32.2. The molecule has 0 radical (unpaired) electrons. The van der Waals surface area contributed by atoms with Crippen molar-refractivity contribution in [2.45, 2.75) is 70.5 Å². The molecule has 0 aromatic heterocycles. The fourth-order valence-electron chi connectivity index (χ4n) is 3.72. The van der Waals surface area contributed by atoms with Crippen LogP contribution >= 0.6 is 0 Å². The largest absolute Gasteiger partial charge is 0.380 e. The summed E-state index contributed by atoms with van der Waals surface area (Å²) in [4.78, 5) is 12.6. The van der Waals surface area contributed by atoms with Crippen molar-refractivity contribution in [1.29, 1.82) is 0 Å². The molecule has 1 N–H and O–H groups in total. The van der Waals surface area contributed by atoms with E-state index in [9.17, 15) is 13.2 Å². The second-order valence-electron chi connectivity index (χ2n) is 7.44. The van der Waals surface area contributed by atoms with Crippen LogP contribution in [-0.4, -0.2) is 32.8 Å². The zero-order valence-corrected chi connectivity index (χ0v) is 15.2. The lowest BCUT2D eigenvalue weighted by molar-refractivity contribution is -0.125. The van der Waals surface area contributed by atoms with E-state index in [0.29, 0.717) is 18.9 Å². The molecule has 0 aromatic carbocycles. The van der Waals surface area contributed by atoms with Crippen LogP contribution in [0.3, 0.4) is 0 Å². The maximum absolute atomic E-state index is 12.6. The van der Waals surface area contributed by atoms with Crippen molar-refractivity contribution in [3.63, 3.8) is 0 Å². The molecular formula is C17H31NO4S. The van der Waals surface area contributed by atoms with Crippen molar-refractivity contribution in [3.05, 3.63) is 0 Å². The zero-order valence-electron chi connectivity index (χ0n) is 14.4. The van der Waals surface area contributed by atoms with Gasteiger partial charge in [-0.05, 0) is 31.1 Å². The molecule has 1 aliphatic heterocycles. The first kappa shape index (κ1) is 18.7. The van der Waals surface area contributed by atoms with E-state index in [0.717, 1.165) is 12.8 Å². The van der Waals surface area contributed by atoms with E-state index in [4.69, 9.17) is 4.74 Å². The predicted octanol–water partition coefficient (Wildman–Crippen LogP) is 2.85. The molecular weight excluding hydrogens is 314 g/mol. The third-order valence-corrected chi connectivity index (χ3v) is 6.99. The summed E-state index contributed by atoms with van der Waals surface area (Å²) in [5.41, 5.74) is 0. The Morgan fingerprint density at radius 2 is 1.83 bits per heavy atom. The van der Waals surface area contributed by atoms with E-state index >= 15 is 0 Å². The molecule has 1 amide bonds. The smallest absolute Gasteiger partial charge is 0.240 e. The van der Waals surface area contributed by atoms with Gasteiger partial charge < -0.3 is 4.74 Å². The minimum Gasteiger partial charge on any atom is -0.380 e. The number of hydrogen-bond donors (Lipinski definition) is 1. The van der Waals surface area contributed by atoms with Gasteiger partial charge in [-0.15, -0.1) is 0 Å². The summed E-state index contributed by atoms with van der Waals surface area (Å²) >= 11 is 0. The van der Waals surface area contributed by atoms with Crippen LogP contribution in [0.2, 0.25) is 0 Å². The summed E-state index contributed by atoms with van der Waals surface area (Å²) in [6.07, 6.45) is 8.18. The third-order valence-electron chi connectivity index (χ3n) is 5.25. The molecule has 2 unspecified atom stereocenters. The number of carbonyl (C=O) groups excluding carboxylic acids is 1. The van der Waals surface area contributed by atoms with E-state index in [1.54, 1.807) is 0 Å². The van der Waals surface area contributed by atoms with Gasteiger partial charge >= 0.3 is 0 Å². The zero-order chi connectivity index (χ0) is 16.9. The second kappa shape index (κ2) is 8.47. The van der Waals surface area contributed by atoms with Crippen molar-refractivity contribution in [2.75, 3.05) is 13.2 Å². The molecule has 0 aromatic rings. The molecule has 6 heteroatoms. The third kappa shape index (κ3) is 5.45. The maximum atomic E-state index is 12.6. The average Bonchev–Trinajstić information content (AvgIpc) is 2.53. The summed E-state index contributed by atoms with van der Waals surface area (Å²) in [5, 5.41) is -0.595. The van der Waals surface area contributed by atoms with Crippen LogP contribution in [0.15, 0.2) is 0 Å². The van der Waals surface area contributed by atoms with E-state index in [1.807, 2.05) is 13.8 Å². The number of ether oxygens (including phenoxy) is 1. The van der Waals surface area contributed by atoms with E-state index in [2.05, 4.69) is 4.72 Å². The summed E-state index contributed by atoms with van der Waals surface area (Å²) < 4.78 is 32.4. The van der Waals surface area contributed by atoms with Crippen LogP contribution < -0.4 is 4.72 Å². The van der Waals surface area contributed by atoms with E-state index in [1.165, 1.54) is 32.1 Å². The van der Waals surface area contributed by atoms with Crippen LogP contribution in [-0.2, 0) is 19.6 Å². The Labute approximate surface area is 140 Å². The van der Waals surface area contributed by atoms with E-state index in [-0.39, 0.29) is 24.3 Å². The van der Waals surface area contributed by atoms with Gasteiger partial charge in [-0.25, -0.2) is 8.42 Å². The Morgan fingerprint density at radius 1 is 1.13 bits per heavy atom.